The van der Waals surface area contributed by atoms with Crippen LogP contribution in [-0.4, -0.2) is 11.0 Å². The van der Waals surface area contributed by atoms with Gasteiger partial charge >= 0.3 is 0 Å². The van der Waals surface area contributed by atoms with Gasteiger partial charge in [-0.1, -0.05) is 49.3 Å². The molecule has 0 fully saturated rings. The summed E-state index contributed by atoms with van der Waals surface area (Å²) in [5.41, 5.74) is 6.62. The van der Waals surface area contributed by atoms with Gasteiger partial charge in [-0.25, -0.2) is 4.39 Å². The summed E-state index contributed by atoms with van der Waals surface area (Å²) in [6, 6.07) is 4.40. The van der Waals surface area contributed by atoms with Crippen molar-refractivity contribution in [1.29, 1.82) is 0 Å². The monoisotopic (exact) mass is 285 g/mol. The number of allylic oxidation sites excluding steroid dienone is 1. The highest BCUT2D eigenvalue weighted by atomic mass is 35.5. The Balaban J connectivity index is 2.48. The molecule has 0 saturated carbocycles. The number of hydrogen-bond acceptors (Lipinski definition) is 3. The number of benzene rings is 1. The molecule has 0 saturated heterocycles. The summed E-state index contributed by atoms with van der Waals surface area (Å²) in [6.45, 7) is 3.91. The molecule has 0 aromatic heterocycles. The van der Waals surface area contributed by atoms with Gasteiger partial charge in [0.1, 0.15) is 5.82 Å². The van der Waals surface area contributed by atoms with Gasteiger partial charge in [-0.2, -0.15) is 0 Å². The zero-order valence-corrected chi connectivity index (χ0v) is 11.6. The van der Waals surface area contributed by atoms with E-state index in [1.807, 2.05) is 13.8 Å². The number of hydrogen-bond donors (Lipinski definition) is 1. The van der Waals surface area contributed by atoms with Crippen LogP contribution < -0.4 is 5.73 Å². The summed E-state index contributed by atoms with van der Waals surface area (Å²) < 4.78 is 13.4. The molecule has 2 nitrogen and oxygen atoms in total. The quantitative estimate of drug-likeness (QED) is 0.905. The van der Waals surface area contributed by atoms with E-state index in [0.29, 0.717) is 16.2 Å². The third kappa shape index (κ3) is 2.15. The molecule has 0 aliphatic carbocycles. The Kier molecular flexibility index (Phi) is 3.69. The molecule has 2 N–H and O–H groups in total. The zero-order valence-electron chi connectivity index (χ0n) is 10.0. The molecular weight excluding hydrogens is 273 g/mol. The molecule has 1 heterocycles. The molecule has 0 bridgehead atoms. The average Bonchev–Trinajstić information content (AvgIpc) is 2.59. The zero-order chi connectivity index (χ0) is 13.4. The second-order valence-electron chi connectivity index (χ2n) is 4.49. The standard InChI is InChI=1S/C13H13ClFNOS/c1-6(2)12-11(17)9(13(16)18-12)7-4-3-5-8(15)10(7)14/h3-6,12H,16H2,1-2H3. The topological polar surface area (TPSA) is 43.1 Å². The van der Waals surface area contributed by atoms with Crippen LogP contribution in [0.2, 0.25) is 5.02 Å². The Bertz CT molecular complexity index is 542. The van der Waals surface area contributed by atoms with Crippen LogP contribution in [-0.2, 0) is 4.79 Å². The summed E-state index contributed by atoms with van der Waals surface area (Å²) in [4.78, 5) is 12.3. The Morgan fingerprint density at radius 1 is 1.44 bits per heavy atom. The van der Waals surface area contributed by atoms with Gasteiger partial charge in [0.05, 0.1) is 20.9 Å². The maximum absolute atomic E-state index is 13.4. The van der Waals surface area contributed by atoms with E-state index in [2.05, 4.69) is 0 Å². The third-order valence-electron chi connectivity index (χ3n) is 2.83. The fourth-order valence-corrected chi connectivity index (χ4v) is 3.23. The van der Waals surface area contributed by atoms with E-state index >= 15 is 0 Å². The highest BCUT2D eigenvalue weighted by Gasteiger charge is 2.36. The Morgan fingerprint density at radius 3 is 2.67 bits per heavy atom. The minimum absolute atomic E-state index is 0.0474. The summed E-state index contributed by atoms with van der Waals surface area (Å²) in [5, 5.41) is 0.166. The molecule has 1 atom stereocenters. The average molecular weight is 286 g/mol. The normalized spacial score (nSPS) is 20.1. The number of carbonyl (C=O) groups is 1. The first-order valence-corrected chi connectivity index (χ1v) is 6.84. The summed E-state index contributed by atoms with van der Waals surface area (Å²) in [6.07, 6.45) is 0. The molecule has 1 aromatic rings. The number of thioether (sulfide) groups is 1. The molecule has 1 aliphatic rings. The smallest absolute Gasteiger partial charge is 0.179 e. The Hall–Kier alpha value is -1.00. The van der Waals surface area contributed by atoms with E-state index in [4.69, 9.17) is 17.3 Å². The Labute approximate surface area is 114 Å². The van der Waals surface area contributed by atoms with Gasteiger partial charge in [0.25, 0.3) is 0 Å². The highest BCUT2D eigenvalue weighted by molar-refractivity contribution is 8.05. The molecule has 1 unspecified atom stereocenters. The van der Waals surface area contributed by atoms with E-state index in [0.717, 1.165) is 0 Å². The first kappa shape index (κ1) is 13.4. The van der Waals surface area contributed by atoms with Gasteiger partial charge in [0.2, 0.25) is 0 Å². The lowest BCUT2D eigenvalue weighted by atomic mass is 9.96. The summed E-state index contributed by atoms with van der Waals surface area (Å²) in [7, 11) is 0. The number of Topliss-reactive ketones (excluding diaryl/α,β-unsaturated/α-hetero) is 1. The predicted octanol–water partition coefficient (Wildman–Crippen LogP) is 3.45. The van der Waals surface area contributed by atoms with Crippen molar-refractivity contribution in [2.24, 2.45) is 11.7 Å². The van der Waals surface area contributed by atoms with Crippen LogP contribution in [0.4, 0.5) is 4.39 Å². The fourth-order valence-electron chi connectivity index (χ4n) is 1.91. The number of nitrogens with two attached hydrogens (primary N) is 1. The minimum atomic E-state index is -0.541. The molecule has 0 amide bonds. The van der Waals surface area contributed by atoms with Gasteiger partial charge in [-0.15, -0.1) is 0 Å². The van der Waals surface area contributed by atoms with Crippen molar-refractivity contribution in [1.82, 2.24) is 0 Å². The van der Waals surface area contributed by atoms with Crippen molar-refractivity contribution >= 4 is 34.7 Å². The number of carbonyl (C=O) groups excluding carboxylic acids is 1. The number of rotatable bonds is 2. The largest absolute Gasteiger partial charge is 0.393 e. The van der Waals surface area contributed by atoms with Crippen LogP contribution in [0, 0.1) is 11.7 Å². The molecule has 2 rings (SSSR count). The van der Waals surface area contributed by atoms with Crippen molar-refractivity contribution in [2.45, 2.75) is 19.1 Å². The van der Waals surface area contributed by atoms with E-state index in [1.165, 1.54) is 23.9 Å². The molecule has 0 spiro atoms. The fraction of sp³-hybridized carbons (Fsp3) is 0.308. The predicted molar refractivity (Wildman–Crippen MR) is 73.7 cm³/mol. The van der Waals surface area contributed by atoms with Crippen LogP contribution in [0.1, 0.15) is 19.4 Å². The molecule has 18 heavy (non-hydrogen) atoms. The van der Waals surface area contributed by atoms with Crippen LogP contribution in [0.5, 0.6) is 0 Å². The minimum Gasteiger partial charge on any atom is -0.393 e. The molecule has 96 valence electrons. The van der Waals surface area contributed by atoms with Crippen LogP contribution in [0.3, 0.4) is 0 Å². The van der Waals surface area contributed by atoms with Crippen molar-refractivity contribution in [2.75, 3.05) is 0 Å². The van der Waals surface area contributed by atoms with Crippen LogP contribution in [0.25, 0.3) is 5.57 Å². The van der Waals surface area contributed by atoms with Crippen molar-refractivity contribution in [3.05, 3.63) is 39.6 Å². The maximum atomic E-state index is 13.4. The summed E-state index contributed by atoms with van der Waals surface area (Å²) >= 11 is 7.23. The van der Waals surface area contributed by atoms with Gasteiger partial charge in [-0.05, 0) is 12.0 Å². The molecule has 1 aromatic carbocycles. The van der Waals surface area contributed by atoms with E-state index in [9.17, 15) is 9.18 Å². The summed E-state index contributed by atoms with van der Waals surface area (Å²) in [5.74, 6) is -0.439. The van der Waals surface area contributed by atoms with Gasteiger partial charge in [0.15, 0.2) is 5.78 Å². The first-order valence-electron chi connectivity index (χ1n) is 5.58. The van der Waals surface area contributed by atoms with E-state index in [1.54, 1.807) is 6.07 Å². The second kappa shape index (κ2) is 4.94. The van der Waals surface area contributed by atoms with Crippen LogP contribution in [0.15, 0.2) is 23.2 Å². The molecule has 0 radical (unpaired) electrons. The van der Waals surface area contributed by atoms with E-state index in [-0.39, 0.29) is 22.0 Å². The van der Waals surface area contributed by atoms with Crippen molar-refractivity contribution < 1.29 is 9.18 Å². The van der Waals surface area contributed by atoms with Gasteiger partial charge in [-0.3, -0.25) is 4.79 Å². The first-order chi connectivity index (χ1) is 8.43. The van der Waals surface area contributed by atoms with Gasteiger partial charge in [0, 0.05) is 5.56 Å². The lowest BCUT2D eigenvalue weighted by Gasteiger charge is -2.12. The molecular formula is C13H13ClFNOS. The SMILES string of the molecule is CC(C)C1SC(N)=C(c2cccc(F)c2Cl)C1=O. The number of halogens is 2. The number of ketones is 1. The lowest BCUT2D eigenvalue weighted by Crippen LogP contribution is -2.19. The van der Waals surface area contributed by atoms with Crippen molar-refractivity contribution in [3.63, 3.8) is 0 Å². The molecule has 5 heteroatoms. The second-order valence-corrected chi connectivity index (χ2v) is 6.05. The van der Waals surface area contributed by atoms with Gasteiger partial charge < -0.3 is 5.73 Å². The molecule has 1 aliphatic heterocycles. The van der Waals surface area contributed by atoms with E-state index < -0.39 is 5.82 Å². The third-order valence-corrected chi connectivity index (χ3v) is 4.69. The lowest BCUT2D eigenvalue weighted by molar-refractivity contribution is -0.113. The van der Waals surface area contributed by atoms with Crippen LogP contribution >= 0.6 is 23.4 Å². The Morgan fingerprint density at radius 2 is 2.11 bits per heavy atom. The van der Waals surface area contributed by atoms with Crippen molar-refractivity contribution in [3.8, 4) is 0 Å². The maximum Gasteiger partial charge on any atom is 0.179 e. The highest BCUT2D eigenvalue weighted by Crippen LogP contribution is 2.42.